The third-order valence-corrected chi connectivity index (χ3v) is 3.53. The molecule has 0 aliphatic rings. The van der Waals surface area contributed by atoms with Crippen LogP contribution in [0.5, 0.6) is 0 Å². The summed E-state index contributed by atoms with van der Waals surface area (Å²) in [6.07, 6.45) is 0.961. The van der Waals surface area contributed by atoms with Gasteiger partial charge in [-0.25, -0.2) is 0 Å². The van der Waals surface area contributed by atoms with Gasteiger partial charge in [-0.2, -0.15) is 0 Å². The lowest BCUT2D eigenvalue weighted by molar-refractivity contribution is 0.238. The number of aliphatic hydroxyl groups excluding tert-OH is 1. The maximum Gasteiger partial charge on any atom is 0.0701 e. The standard InChI is InChI=1S/C9H14BrNOS/c1-2-7(6-12)11-5-8-3-4-9(10)13-8/h3-4,7,11-12H,2,5-6H2,1H3/t7-/m1/s1. The van der Waals surface area contributed by atoms with Crippen LogP contribution in [-0.2, 0) is 6.54 Å². The van der Waals surface area contributed by atoms with Crippen LogP contribution >= 0.6 is 27.3 Å². The molecule has 2 N–H and O–H groups in total. The summed E-state index contributed by atoms with van der Waals surface area (Å²) in [6.45, 7) is 3.12. The number of nitrogens with one attached hydrogen (secondary N) is 1. The molecule has 0 fully saturated rings. The van der Waals surface area contributed by atoms with Crippen molar-refractivity contribution in [3.8, 4) is 0 Å². The normalized spacial score (nSPS) is 13.2. The summed E-state index contributed by atoms with van der Waals surface area (Å²) in [5.41, 5.74) is 0. The van der Waals surface area contributed by atoms with Crippen LogP contribution in [0.3, 0.4) is 0 Å². The van der Waals surface area contributed by atoms with Crippen LogP contribution in [-0.4, -0.2) is 17.8 Å². The third-order valence-electron chi connectivity index (χ3n) is 1.91. The van der Waals surface area contributed by atoms with E-state index in [0.717, 1.165) is 16.8 Å². The van der Waals surface area contributed by atoms with E-state index in [1.165, 1.54) is 4.88 Å². The lowest BCUT2D eigenvalue weighted by Gasteiger charge is -2.12. The number of thiophene rings is 1. The molecule has 0 saturated carbocycles. The Kier molecular flexibility index (Phi) is 4.94. The monoisotopic (exact) mass is 263 g/mol. The molecule has 1 heterocycles. The smallest absolute Gasteiger partial charge is 0.0701 e. The first-order valence-electron chi connectivity index (χ1n) is 4.34. The highest BCUT2D eigenvalue weighted by Gasteiger charge is 2.04. The van der Waals surface area contributed by atoms with Crippen molar-refractivity contribution in [2.24, 2.45) is 0 Å². The van der Waals surface area contributed by atoms with Crippen molar-refractivity contribution < 1.29 is 5.11 Å². The first-order valence-corrected chi connectivity index (χ1v) is 5.95. The van der Waals surface area contributed by atoms with E-state index < -0.39 is 0 Å². The minimum atomic E-state index is 0.211. The fraction of sp³-hybridized carbons (Fsp3) is 0.556. The molecule has 74 valence electrons. The average Bonchev–Trinajstić information content (AvgIpc) is 2.53. The summed E-state index contributed by atoms with van der Waals surface area (Å²) in [4.78, 5) is 1.29. The predicted molar refractivity (Wildman–Crippen MR) is 60.0 cm³/mol. The van der Waals surface area contributed by atoms with Gasteiger partial charge in [-0.1, -0.05) is 6.92 Å². The van der Waals surface area contributed by atoms with Crippen molar-refractivity contribution in [1.82, 2.24) is 5.32 Å². The quantitative estimate of drug-likeness (QED) is 0.855. The summed E-state index contributed by atoms with van der Waals surface area (Å²) in [7, 11) is 0. The van der Waals surface area contributed by atoms with Crippen molar-refractivity contribution in [3.05, 3.63) is 20.8 Å². The van der Waals surface area contributed by atoms with Crippen molar-refractivity contribution in [1.29, 1.82) is 0 Å². The maximum atomic E-state index is 8.94. The Balaban J connectivity index is 2.33. The topological polar surface area (TPSA) is 32.3 Å². The van der Waals surface area contributed by atoms with Gasteiger partial charge in [0.15, 0.2) is 0 Å². The van der Waals surface area contributed by atoms with Crippen LogP contribution in [0.2, 0.25) is 0 Å². The van der Waals surface area contributed by atoms with Gasteiger partial charge in [0, 0.05) is 17.5 Å². The Hall–Kier alpha value is 0.1000. The number of halogens is 1. The van der Waals surface area contributed by atoms with Gasteiger partial charge in [0.05, 0.1) is 10.4 Å². The summed E-state index contributed by atoms with van der Waals surface area (Å²) in [5.74, 6) is 0. The van der Waals surface area contributed by atoms with E-state index in [2.05, 4.69) is 34.2 Å². The molecule has 1 aromatic heterocycles. The molecule has 13 heavy (non-hydrogen) atoms. The van der Waals surface area contributed by atoms with E-state index in [1.807, 2.05) is 6.07 Å². The number of aliphatic hydroxyl groups is 1. The molecule has 1 atom stereocenters. The van der Waals surface area contributed by atoms with Gasteiger partial charge < -0.3 is 10.4 Å². The summed E-state index contributed by atoms with van der Waals surface area (Å²) < 4.78 is 1.15. The van der Waals surface area contributed by atoms with Crippen LogP contribution in [0.15, 0.2) is 15.9 Å². The highest BCUT2D eigenvalue weighted by Crippen LogP contribution is 2.21. The van der Waals surface area contributed by atoms with Crippen LogP contribution < -0.4 is 5.32 Å². The molecule has 0 aliphatic heterocycles. The molecular weight excluding hydrogens is 250 g/mol. The number of rotatable bonds is 5. The number of hydrogen-bond acceptors (Lipinski definition) is 3. The third kappa shape index (κ3) is 3.77. The minimum Gasteiger partial charge on any atom is -0.395 e. The van der Waals surface area contributed by atoms with Crippen molar-refractivity contribution >= 4 is 27.3 Å². The largest absolute Gasteiger partial charge is 0.395 e. The second-order valence-electron chi connectivity index (χ2n) is 2.87. The fourth-order valence-electron chi connectivity index (χ4n) is 1.03. The van der Waals surface area contributed by atoms with Gasteiger partial charge in [-0.15, -0.1) is 11.3 Å². The molecule has 0 aromatic carbocycles. The van der Waals surface area contributed by atoms with Crippen molar-refractivity contribution in [2.45, 2.75) is 25.9 Å². The Labute approximate surface area is 91.1 Å². The molecule has 4 heteroatoms. The van der Waals surface area contributed by atoms with E-state index >= 15 is 0 Å². The molecule has 0 aliphatic carbocycles. The van der Waals surface area contributed by atoms with E-state index in [4.69, 9.17) is 5.11 Å². The van der Waals surface area contributed by atoms with Gasteiger partial charge >= 0.3 is 0 Å². The molecular formula is C9H14BrNOS. The molecule has 0 bridgehead atoms. The van der Waals surface area contributed by atoms with Crippen molar-refractivity contribution in [2.75, 3.05) is 6.61 Å². The highest BCUT2D eigenvalue weighted by molar-refractivity contribution is 9.11. The van der Waals surface area contributed by atoms with Gasteiger partial charge in [0.25, 0.3) is 0 Å². The van der Waals surface area contributed by atoms with Gasteiger partial charge in [-0.05, 0) is 34.5 Å². The molecule has 0 spiro atoms. The molecule has 0 radical (unpaired) electrons. The molecule has 1 aromatic rings. The molecule has 0 saturated heterocycles. The zero-order chi connectivity index (χ0) is 9.68. The van der Waals surface area contributed by atoms with E-state index in [0.29, 0.717) is 0 Å². The summed E-state index contributed by atoms with van der Waals surface area (Å²) in [6, 6.07) is 4.36. The predicted octanol–water partition coefficient (Wildman–Crippen LogP) is 2.37. The van der Waals surface area contributed by atoms with Gasteiger partial charge in [-0.3, -0.25) is 0 Å². The SMILES string of the molecule is CC[C@H](CO)NCc1ccc(Br)s1. The van der Waals surface area contributed by atoms with E-state index in [1.54, 1.807) is 11.3 Å². The Morgan fingerprint density at radius 3 is 2.85 bits per heavy atom. The maximum absolute atomic E-state index is 8.94. The zero-order valence-electron chi connectivity index (χ0n) is 7.59. The van der Waals surface area contributed by atoms with Crippen molar-refractivity contribution in [3.63, 3.8) is 0 Å². The van der Waals surface area contributed by atoms with E-state index in [-0.39, 0.29) is 12.6 Å². The highest BCUT2D eigenvalue weighted by atomic mass is 79.9. The second kappa shape index (κ2) is 5.75. The van der Waals surface area contributed by atoms with Crippen LogP contribution in [0.4, 0.5) is 0 Å². The van der Waals surface area contributed by atoms with Gasteiger partial charge in [0.2, 0.25) is 0 Å². The Morgan fingerprint density at radius 1 is 1.62 bits per heavy atom. The van der Waals surface area contributed by atoms with Crippen LogP contribution in [0.25, 0.3) is 0 Å². The zero-order valence-corrected chi connectivity index (χ0v) is 9.99. The summed E-state index contributed by atoms with van der Waals surface area (Å²) in [5, 5.41) is 12.2. The van der Waals surface area contributed by atoms with Gasteiger partial charge in [0.1, 0.15) is 0 Å². The second-order valence-corrected chi connectivity index (χ2v) is 5.42. The first-order chi connectivity index (χ1) is 6.26. The number of hydrogen-bond donors (Lipinski definition) is 2. The van der Waals surface area contributed by atoms with Crippen LogP contribution in [0, 0.1) is 0 Å². The molecule has 0 amide bonds. The van der Waals surface area contributed by atoms with E-state index in [9.17, 15) is 0 Å². The summed E-state index contributed by atoms with van der Waals surface area (Å²) >= 11 is 5.14. The molecule has 1 rings (SSSR count). The Bertz CT molecular complexity index is 248. The first kappa shape index (κ1) is 11.2. The lowest BCUT2D eigenvalue weighted by atomic mass is 10.2. The Morgan fingerprint density at radius 2 is 2.38 bits per heavy atom. The van der Waals surface area contributed by atoms with Crippen LogP contribution in [0.1, 0.15) is 18.2 Å². The average molecular weight is 264 g/mol. The molecule has 0 unspecified atom stereocenters. The molecule has 2 nitrogen and oxygen atoms in total. The minimum absolute atomic E-state index is 0.211. The lowest BCUT2D eigenvalue weighted by Crippen LogP contribution is -2.30. The fourth-order valence-corrected chi connectivity index (χ4v) is 2.46.